The smallest absolute Gasteiger partial charge is 0.338 e. The number of carbonyl (C=O) groups is 1. The Bertz CT molecular complexity index is 1880. The van der Waals surface area contributed by atoms with Gasteiger partial charge >= 0.3 is 5.97 Å². The number of allylic oxidation sites excluding steroid dienone is 1. The maximum absolute atomic E-state index is 14.0. The second-order valence-corrected chi connectivity index (χ2v) is 13.0. The summed E-state index contributed by atoms with van der Waals surface area (Å²) < 4.78 is 21.4. The summed E-state index contributed by atoms with van der Waals surface area (Å²) in [6, 6.07) is 19.1. The monoisotopic (exact) mass is 772 g/mol. The lowest BCUT2D eigenvalue weighted by Gasteiger charge is -2.24. The van der Waals surface area contributed by atoms with Crippen molar-refractivity contribution in [3.63, 3.8) is 0 Å². The minimum atomic E-state index is -0.652. The van der Waals surface area contributed by atoms with Gasteiger partial charge in [0.2, 0.25) is 0 Å². The summed E-state index contributed by atoms with van der Waals surface area (Å²) in [4.78, 5) is 32.3. The highest BCUT2D eigenvalue weighted by Crippen LogP contribution is 2.38. The summed E-state index contributed by atoms with van der Waals surface area (Å²) in [6.45, 7) is 8.51. The number of fused-ring (bicyclic) bond motifs is 1. The molecule has 0 fully saturated rings. The molecule has 4 aromatic rings. The van der Waals surface area contributed by atoms with Crippen molar-refractivity contribution in [3.8, 4) is 11.5 Å². The molecule has 10 heteroatoms. The first kappa shape index (κ1) is 31.2. The van der Waals surface area contributed by atoms with Crippen LogP contribution in [0.4, 0.5) is 0 Å². The van der Waals surface area contributed by atoms with Crippen LogP contribution in [-0.2, 0) is 16.1 Å². The van der Waals surface area contributed by atoms with E-state index in [1.54, 1.807) is 18.4 Å². The van der Waals surface area contributed by atoms with E-state index in [1.807, 2.05) is 80.6 Å². The van der Waals surface area contributed by atoms with Crippen molar-refractivity contribution < 1.29 is 19.0 Å². The van der Waals surface area contributed by atoms with E-state index < -0.39 is 12.0 Å². The van der Waals surface area contributed by atoms with Crippen LogP contribution in [0, 0.1) is 10.5 Å². The Labute approximate surface area is 275 Å². The molecule has 2 heterocycles. The van der Waals surface area contributed by atoms with E-state index in [1.165, 1.54) is 11.3 Å². The molecular weight excluding hydrogens is 743 g/mol. The van der Waals surface area contributed by atoms with Crippen LogP contribution in [0.25, 0.3) is 6.08 Å². The van der Waals surface area contributed by atoms with Crippen molar-refractivity contribution in [2.24, 2.45) is 4.99 Å². The minimum Gasteiger partial charge on any atom is -0.490 e. The molecule has 0 saturated carbocycles. The van der Waals surface area contributed by atoms with E-state index >= 15 is 0 Å². The number of halogens is 2. The first-order valence-corrected chi connectivity index (χ1v) is 16.5. The zero-order chi connectivity index (χ0) is 30.7. The zero-order valence-electron chi connectivity index (χ0n) is 24.1. The van der Waals surface area contributed by atoms with Gasteiger partial charge in [0.1, 0.15) is 6.61 Å². The molecule has 0 unspecified atom stereocenters. The molecule has 0 radical (unpaired) electrons. The van der Waals surface area contributed by atoms with Gasteiger partial charge in [-0.2, -0.15) is 0 Å². The molecule has 1 aliphatic rings. The van der Waals surface area contributed by atoms with Gasteiger partial charge in [-0.3, -0.25) is 9.36 Å². The molecule has 222 valence electrons. The molecule has 0 aliphatic carbocycles. The molecule has 0 amide bonds. The number of carbonyl (C=O) groups excluding carboxylic acids is 1. The molecular formula is C33H30BrIN2O5S. The van der Waals surface area contributed by atoms with E-state index in [4.69, 9.17) is 14.2 Å². The summed E-state index contributed by atoms with van der Waals surface area (Å²) >= 11 is 7.21. The Morgan fingerprint density at radius 1 is 1.05 bits per heavy atom. The van der Waals surface area contributed by atoms with E-state index in [0.717, 1.165) is 25.8 Å². The van der Waals surface area contributed by atoms with Crippen LogP contribution < -0.4 is 24.4 Å². The van der Waals surface area contributed by atoms with Gasteiger partial charge in [0, 0.05) is 3.57 Å². The molecule has 0 bridgehead atoms. The Balaban J connectivity index is 1.58. The van der Waals surface area contributed by atoms with Crippen molar-refractivity contribution >= 4 is 61.9 Å². The van der Waals surface area contributed by atoms with Gasteiger partial charge in [-0.05, 0) is 113 Å². The maximum atomic E-state index is 14.0. The maximum Gasteiger partial charge on any atom is 0.338 e. The van der Waals surface area contributed by atoms with Crippen molar-refractivity contribution in [1.29, 1.82) is 0 Å². The minimum absolute atomic E-state index is 0.224. The normalized spacial score (nSPS) is 14.7. The Kier molecular flexibility index (Phi) is 9.88. The topological polar surface area (TPSA) is 79.1 Å². The summed E-state index contributed by atoms with van der Waals surface area (Å²) in [5.74, 6) is 0.683. The number of esters is 1. The molecule has 1 aromatic heterocycles. The summed E-state index contributed by atoms with van der Waals surface area (Å²) in [5, 5.41) is 0. The number of benzene rings is 3. The van der Waals surface area contributed by atoms with Crippen molar-refractivity contribution in [2.75, 3.05) is 13.2 Å². The molecule has 1 atom stereocenters. The van der Waals surface area contributed by atoms with Crippen molar-refractivity contribution in [3.05, 3.63) is 122 Å². The standard InChI is InChI=1S/C33H30BrIN2O5S/c1-5-40-26-16-22(15-25(34)30(26)42-18-21-9-13-24(35)14-10-21)17-27-31(38)37-29(23-11-7-19(3)8-12-23)28(32(39)41-6-2)20(4)36-33(37)43-27/h7-17,29H,5-6,18H2,1-4H3/b27-17+/t29-/m0/s1. The molecule has 7 nitrogen and oxygen atoms in total. The van der Waals surface area contributed by atoms with Crippen LogP contribution in [0.5, 0.6) is 11.5 Å². The highest BCUT2D eigenvalue weighted by molar-refractivity contribution is 14.1. The molecule has 0 saturated heterocycles. The summed E-state index contributed by atoms with van der Waals surface area (Å²) in [7, 11) is 0. The summed E-state index contributed by atoms with van der Waals surface area (Å²) in [6.07, 6.45) is 1.82. The predicted molar refractivity (Wildman–Crippen MR) is 180 cm³/mol. The van der Waals surface area contributed by atoms with Crippen LogP contribution in [0.15, 0.2) is 86.2 Å². The first-order chi connectivity index (χ1) is 20.7. The largest absolute Gasteiger partial charge is 0.490 e. The number of hydrogen-bond donors (Lipinski definition) is 0. The van der Waals surface area contributed by atoms with Crippen LogP contribution in [0.2, 0.25) is 0 Å². The fourth-order valence-electron chi connectivity index (χ4n) is 4.82. The molecule has 0 spiro atoms. The Hall–Kier alpha value is -3.22. The van der Waals surface area contributed by atoms with Gasteiger partial charge in [-0.15, -0.1) is 0 Å². The Morgan fingerprint density at radius 3 is 2.44 bits per heavy atom. The van der Waals surface area contributed by atoms with Gasteiger partial charge in [-0.1, -0.05) is 53.3 Å². The lowest BCUT2D eigenvalue weighted by molar-refractivity contribution is -0.139. The van der Waals surface area contributed by atoms with Crippen molar-refractivity contribution in [1.82, 2.24) is 4.57 Å². The number of hydrogen-bond acceptors (Lipinski definition) is 7. The number of rotatable bonds is 9. The third-order valence-electron chi connectivity index (χ3n) is 6.84. The number of thiazole rings is 1. The average molecular weight is 773 g/mol. The average Bonchev–Trinajstić information content (AvgIpc) is 3.27. The highest BCUT2D eigenvalue weighted by Gasteiger charge is 2.33. The second-order valence-electron chi connectivity index (χ2n) is 9.89. The number of aromatic nitrogens is 1. The predicted octanol–water partition coefficient (Wildman–Crippen LogP) is 6.45. The van der Waals surface area contributed by atoms with E-state index in [9.17, 15) is 9.59 Å². The van der Waals surface area contributed by atoms with Crippen LogP contribution in [-0.4, -0.2) is 23.8 Å². The van der Waals surface area contributed by atoms with Crippen LogP contribution in [0.1, 0.15) is 49.1 Å². The van der Waals surface area contributed by atoms with Crippen LogP contribution >= 0.6 is 49.9 Å². The van der Waals surface area contributed by atoms with Crippen LogP contribution in [0.3, 0.4) is 0 Å². The second kappa shape index (κ2) is 13.6. The van der Waals surface area contributed by atoms with Gasteiger partial charge in [0.05, 0.1) is 39.5 Å². The third kappa shape index (κ3) is 6.81. The summed E-state index contributed by atoms with van der Waals surface area (Å²) in [5.41, 5.74) is 4.35. The SMILES string of the molecule is CCOC(=O)C1=C(C)N=c2s/c(=C/c3cc(Br)c(OCc4ccc(I)cc4)c(OCC)c3)c(=O)n2[C@H]1c1ccc(C)cc1. The Morgan fingerprint density at radius 2 is 1.77 bits per heavy atom. The third-order valence-corrected chi connectivity index (χ3v) is 9.13. The van der Waals surface area contributed by atoms with Gasteiger partial charge in [0.25, 0.3) is 5.56 Å². The van der Waals surface area contributed by atoms with Gasteiger partial charge in [-0.25, -0.2) is 9.79 Å². The molecule has 43 heavy (non-hydrogen) atoms. The molecule has 1 aliphatic heterocycles. The fraction of sp³-hybridized carbons (Fsp3) is 0.242. The van der Waals surface area contributed by atoms with E-state index in [-0.39, 0.29) is 12.2 Å². The van der Waals surface area contributed by atoms with E-state index in [0.29, 0.717) is 49.8 Å². The highest BCUT2D eigenvalue weighted by atomic mass is 127. The van der Waals surface area contributed by atoms with Crippen molar-refractivity contribution in [2.45, 2.75) is 40.3 Å². The number of nitrogens with zero attached hydrogens (tertiary/aromatic N) is 2. The van der Waals surface area contributed by atoms with E-state index in [2.05, 4.69) is 43.5 Å². The molecule has 3 aromatic carbocycles. The fourth-order valence-corrected chi connectivity index (χ4v) is 6.80. The molecule has 5 rings (SSSR count). The quantitative estimate of drug-likeness (QED) is 0.144. The van der Waals surface area contributed by atoms with Gasteiger partial charge in [0.15, 0.2) is 16.3 Å². The van der Waals surface area contributed by atoms with Gasteiger partial charge < -0.3 is 14.2 Å². The molecule has 0 N–H and O–H groups in total. The lowest BCUT2D eigenvalue weighted by atomic mass is 9.95. The zero-order valence-corrected chi connectivity index (χ0v) is 28.7. The first-order valence-electron chi connectivity index (χ1n) is 13.8. The number of ether oxygens (including phenoxy) is 3. The lowest BCUT2D eigenvalue weighted by Crippen LogP contribution is -2.39. The number of aryl methyl sites for hydroxylation is 1.